The van der Waals surface area contributed by atoms with E-state index in [1.807, 2.05) is 32.9 Å². The summed E-state index contributed by atoms with van der Waals surface area (Å²) in [6.07, 6.45) is 0. The first kappa shape index (κ1) is 12.1. The minimum Gasteiger partial charge on any atom is -0.315 e. The second-order valence-electron chi connectivity index (χ2n) is 4.59. The minimum absolute atomic E-state index is 0.0878. The number of hydrogen-bond donors (Lipinski definition) is 0. The van der Waals surface area contributed by atoms with Crippen LogP contribution in [0.5, 0.6) is 0 Å². The molecule has 0 aliphatic carbocycles. The van der Waals surface area contributed by atoms with E-state index in [1.165, 1.54) is 0 Å². The molecule has 0 aliphatic rings. The van der Waals surface area contributed by atoms with Gasteiger partial charge in [0.1, 0.15) is 0 Å². The molecule has 0 radical (unpaired) electrons. The highest BCUT2D eigenvalue weighted by Crippen LogP contribution is 2.23. The van der Waals surface area contributed by atoms with Crippen LogP contribution in [0.1, 0.15) is 20.8 Å². The molecule has 0 saturated heterocycles. The quantitative estimate of drug-likeness (QED) is 0.718. The maximum Gasteiger partial charge on any atom is 0.232 e. The Hall–Kier alpha value is -1.02. The van der Waals surface area contributed by atoms with Crippen molar-refractivity contribution in [2.75, 3.05) is 11.9 Å². The van der Waals surface area contributed by atoms with Crippen LogP contribution in [0.2, 0.25) is 5.02 Å². The van der Waals surface area contributed by atoms with Gasteiger partial charge < -0.3 is 4.90 Å². The number of carbonyl (C=O) groups is 1. The Bertz CT molecular complexity index is 351. The van der Waals surface area contributed by atoms with Gasteiger partial charge in [-0.15, -0.1) is 0 Å². The summed E-state index contributed by atoms with van der Waals surface area (Å²) in [5.74, 6) is 0.0878. The topological polar surface area (TPSA) is 20.3 Å². The summed E-state index contributed by atoms with van der Waals surface area (Å²) in [5, 5.41) is 0.676. The van der Waals surface area contributed by atoms with Crippen molar-refractivity contribution in [3.63, 3.8) is 0 Å². The molecule has 3 heteroatoms. The molecule has 82 valence electrons. The highest BCUT2D eigenvalue weighted by molar-refractivity contribution is 6.30. The fraction of sp³-hybridized carbons (Fsp3) is 0.417. The number of anilines is 1. The SMILES string of the molecule is CN(C(=O)C(C)(C)C)c1ccc(Cl)cc1. The lowest BCUT2D eigenvalue weighted by Gasteiger charge is -2.26. The normalized spacial score (nSPS) is 11.3. The van der Waals surface area contributed by atoms with Gasteiger partial charge in [-0.1, -0.05) is 32.4 Å². The second kappa shape index (κ2) is 4.23. The van der Waals surface area contributed by atoms with Gasteiger partial charge in [0.05, 0.1) is 0 Å². The molecule has 0 atom stereocenters. The van der Waals surface area contributed by atoms with E-state index < -0.39 is 0 Å². The second-order valence-corrected chi connectivity index (χ2v) is 5.03. The van der Waals surface area contributed by atoms with Crippen molar-refractivity contribution < 1.29 is 4.79 Å². The van der Waals surface area contributed by atoms with E-state index >= 15 is 0 Å². The summed E-state index contributed by atoms with van der Waals surface area (Å²) in [5.41, 5.74) is 0.494. The summed E-state index contributed by atoms with van der Waals surface area (Å²) in [4.78, 5) is 13.6. The molecule has 0 aromatic heterocycles. The average Bonchev–Trinajstić information content (AvgIpc) is 2.15. The zero-order chi connectivity index (χ0) is 11.6. The molecule has 1 rings (SSSR count). The number of nitrogens with zero attached hydrogens (tertiary/aromatic N) is 1. The van der Waals surface area contributed by atoms with Gasteiger partial charge in [0.15, 0.2) is 0 Å². The number of carbonyl (C=O) groups excluding carboxylic acids is 1. The fourth-order valence-corrected chi connectivity index (χ4v) is 1.41. The third-order valence-electron chi connectivity index (χ3n) is 2.16. The van der Waals surface area contributed by atoms with Gasteiger partial charge in [0.25, 0.3) is 0 Å². The molecule has 0 unspecified atom stereocenters. The molecule has 1 aromatic carbocycles. The fourth-order valence-electron chi connectivity index (χ4n) is 1.29. The zero-order valence-corrected chi connectivity index (χ0v) is 10.3. The number of amides is 1. The van der Waals surface area contributed by atoms with Crippen molar-refractivity contribution in [1.82, 2.24) is 0 Å². The van der Waals surface area contributed by atoms with E-state index in [2.05, 4.69) is 0 Å². The van der Waals surface area contributed by atoms with E-state index in [9.17, 15) is 4.79 Å². The van der Waals surface area contributed by atoms with Crippen molar-refractivity contribution >= 4 is 23.2 Å². The largest absolute Gasteiger partial charge is 0.315 e. The Kier molecular flexibility index (Phi) is 3.40. The third kappa shape index (κ3) is 2.96. The summed E-state index contributed by atoms with van der Waals surface area (Å²) < 4.78 is 0. The van der Waals surface area contributed by atoms with E-state index in [4.69, 9.17) is 11.6 Å². The summed E-state index contributed by atoms with van der Waals surface area (Å²) in [6.45, 7) is 5.71. The van der Waals surface area contributed by atoms with Crippen LogP contribution in [-0.4, -0.2) is 13.0 Å². The molecule has 0 spiro atoms. The Morgan fingerprint density at radius 1 is 1.20 bits per heavy atom. The van der Waals surface area contributed by atoms with Gasteiger partial charge in [0.2, 0.25) is 5.91 Å². The van der Waals surface area contributed by atoms with E-state index in [-0.39, 0.29) is 11.3 Å². The van der Waals surface area contributed by atoms with Gasteiger partial charge in [-0.3, -0.25) is 4.79 Å². The minimum atomic E-state index is -0.367. The van der Waals surface area contributed by atoms with E-state index in [0.29, 0.717) is 5.02 Å². The molecule has 0 fully saturated rings. The highest BCUT2D eigenvalue weighted by Gasteiger charge is 2.25. The Balaban J connectivity index is 2.90. The average molecular weight is 226 g/mol. The monoisotopic (exact) mass is 225 g/mol. The Labute approximate surface area is 95.8 Å². The Morgan fingerprint density at radius 3 is 2.07 bits per heavy atom. The lowest BCUT2D eigenvalue weighted by molar-refractivity contribution is -0.125. The smallest absolute Gasteiger partial charge is 0.232 e. The zero-order valence-electron chi connectivity index (χ0n) is 9.54. The van der Waals surface area contributed by atoms with Crippen molar-refractivity contribution in [1.29, 1.82) is 0 Å². The molecule has 0 saturated carbocycles. The van der Waals surface area contributed by atoms with Crippen LogP contribution in [0.25, 0.3) is 0 Å². The molecule has 0 aliphatic heterocycles. The first-order valence-electron chi connectivity index (χ1n) is 4.86. The highest BCUT2D eigenvalue weighted by atomic mass is 35.5. The summed E-state index contributed by atoms with van der Waals surface area (Å²) in [7, 11) is 1.77. The van der Waals surface area contributed by atoms with Crippen molar-refractivity contribution in [3.8, 4) is 0 Å². The first-order chi connectivity index (χ1) is 6.82. The molecule has 0 N–H and O–H groups in total. The van der Waals surface area contributed by atoms with E-state index in [0.717, 1.165) is 5.69 Å². The van der Waals surface area contributed by atoms with Gasteiger partial charge >= 0.3 is 0 Å². The van der Waals surface area contributed by atoms with Gasteiger partial charge in [-0.25, -0.2) is 0 Å². The summed E-state index contributed by atoms with van der Waals surface area (Å²) in [6, 6.07) is 7.24. The summed E-state index contributed by atoms with van der Waals surface area (Å²) >= 11 is 5.78. The predicted octanol–water partition coefficient (Wildman–Crippen LogP) is 3.35. The number of halogens is 1. The molecule has 0 bridgehead atoms. The van der Waals surface area contributed by atoms with E-state index in [1.54, 1.807) is 24.1 Å². The van der Waals surface area contributed by atoms with Gasteiger partial charge in [-0.2, -0.15) is 0 Å². The standard InChI is InChI=1S/C12H16ClNO/c1-12(2,3)11(15)14(4)10-7-5-9(13)6-8-10/h5-8H,1-4H3. The first-order valence-corrected chi connectivity index (χ1v) is 5.24. The lowest BCUT2D eigenvalue weighted by Crippen LogP contribution is -2.36. The van der Waals surface area contributed by atoms with Crippen molar-refractivity contribution in [2.24, 2.45) is 5.41 Å². The number of rotatable bonds is 1. The number of hydrogen-bond acceptors (Lipinski definition) is 1. The lowest BCUT2D eigenvalue weighted by atomic mass is 9.95. The maximum atomic E-state index is 11.9. The number of benzene rings is 1. The van der Waals surface area contributed by atoms with Crippen molar-refractivity contribution in [2.45, 2.75) is 20.8 Å². The van der Waals surface area contributed by atoms with Crippen LogP contribution in [0, 0.1) is 5.41 Å². The van der Waals surface area contributed by atoms with Crippen LogP contribution in [0.15, 0.2) is 24.3 Å². The molecule has 1 aromatic rings. The third-order valence-corrected chi connectivity index (χ3v) is 2.41. The molecule has 2 nitrogen and oxygen atoms in total. The maximum absolute atomic E-state index is 11.9. The molecule has 0 heterocycles. The predicted molar refractivity (Wildman–Crippen MR) is 64.3 cm³/mol. The van der Waals surface area contributed by atoms with Crippen LogP contribution in [0.4, 0.5) is 5.69 Å². The molecular weight excluding hydrogens is 210 g/mol. The van der Waals surface area contributed by atoms with Crippen molar-refractivity contribution in [3.05, 3.63) is 29.3 Å². The Morgan fingerprint density at radius 2 is 1.67 bits per heavy atom. The van der Waals surface area contributed by atoms with Crippen LogP contribution in [0.3, 0.4) is 0 Å². The molecule has 1 amide bonds. The van der Waals surface area contributed by atoms with Gasteiger partial charge in [0, 0.05) is 23.2 Å². The van der Waals surface area contributed by atoms with Crippen LogP contribution < -0.4 is 4.90 Å². The van der Waals surface area contributed by atoms with Crippen LogP contribution >= 0.6 is 11.6 Å². The van der Waals surface area contributed by atoms with Gasteiger partial charge in [-0.05, 0) is 24.3 Å². The van der Waals surface area contributed by atoms with Crippen LogP contribution in [-0.2, 0) is 4.79 Å². The molecule has 15 heavy (non-hydrogen) atoms. The molecular formula is C12H16ClNO.